The molecule has 0 saturated carbocycles. The predicted molar refractivity (Wildman–Crippen MR) is 89.5 cm³/mol. The quantitative estimate of drug-likeness (QED) is 0.639. The van der Waals surface area contributed by atoms with Gasteiger partial charge >= 0.3 is 12.1 Å². The van der Waals surface area contributed by atoms with E-state index in [9.17, 15) is 14.7 Å². The lowest BCUT2D eigenvalue weighted by Gasteiger charge is -2.25. The standard InChI is InChI=1S/C17H33NO5/c1-7-8-9-14(15(19)20)22-11-13(10-12(2)3)18-16(21)23-17(4,5)6/h12-14H,7-11H2,1-6H3,(H,18,21)(H,19,20)/t13-,14-/m0/s1. The van der Waals surface area contributed by atoms with Crippen molar-refractivity contribution in [2.45, 2.75) is 85.0 Å². The van der Waals surface area contributed by atoms with E-state index >= 15 is 0 Å². The van der Waals surface area contributed by atoms with Crippen molar-refractivity contribution in [3.8, 4) is 0 Å². The van der Waals surface area contributed by atoms with Gasteiger partial charge in [-0.05, 0) is 39.5 Å². The highest BCUT2D eigenvalue weighted by atomic mass is 16.6. The Hall–Kier alpha value is -1.30. The van der Waals surface area contributed by atoms with Crippen LogP contribution in [0.2, 0.25) is 0 Å². The Balaban J connectivity index is 4.59. The molecule has 0 heterocycles. The molecule has 2 N–H and O–H groups in total. The van der Waals surface area contributed by atoms with Gasteiger partial charge in [0.25, 0.3) is 0 Å². The number of alkyl carbamates (subject to hydrolysis) is 1. The van der Waals surface area contributed by atoms with E-state index in [1.54, 1.807) is 20.8 Å². The highest BCUT2D eigenvalue weighted by Crippen LogP contribution is 2.12. The molecule has 23 heavy (non-hydrogen) atoms. The van der Waals surface area contributed by atoms with Crippen LogP contribution in [-0.4, -0.2) is 41.5 Å². The zero-order valence-electron chi connectivity index (χ0n) is 15.3. The fraction of sp³-hybridized carbons (Fsp3) is 0.882. The predicted octanol–water partition coefficient (Wildman–Crippen LogP) is 3.59. The van der Waals surface area contributed by atoms with Crippen LogP contribution < -0.4 is 5.32 Å². The zero-order valence-corrected chi connectivity index (χ0v) is 15.3. The zero-order chi connectivity index (χ0) is 18.0. The second kappa shape index (κ2) is 10.5. The minimum absolute atomic E-state index is 0.165. The minimum atomic E-state index is -0.959. The van der Waals surface area contributed by atoms with E-state index in [0.29, 0.717) is 18.8 Å². The smallest absolute Gasteiger partial charge is 0.407 e. The monoisotopic (exact) mass is 331 g/mol. The molecule has 1 amide bonds. The molecule has 2 atom stereocenters. The highest BCUT2D eigenvalue weighted by Gasteiger charge is 2.23. The molecular weight excluding hydrogens is 298 g/mol. The molecule has 0 aliphatic carbocycles. The van der Waals surface area contributed by atoms with E-state index in [1.807, 2.05) is 20.8 Å². The molecule has 0 aromatic rings. The van der Waals surface area contributed by atoms with Gasteiger partial charge in [0.1, 0.15) is 5.60 Å². The fourth-order valence-corrected chi connectivity index (χ4v) is 2.11. The number of hydrogen-bond acceptors (Lipinski definition) is 4. The first kappa shape index (κ1) is 21.7. The molecule has 0 saturated heterocycles. The summed E-state index contributed by atoms with van der Waals surface area (Å²) in [5, 5.41) is 12.0. The van der Waals surface area contributed by atoms with Crippen molar-refractivity contribution < 1.29 is 24.2 Å². The number of carbonyl (C=O) groups excluding carboxylic acids is 1. The summed E-state index contributed by atoms with van der Waals surface area (Å²) in [4.78, 5) is 23.1. The Labute approximate surface area is 139 Å². The lowest BCUT2D eigenvalue weighted by molar-refractivity contribution is -0.151. The SMILES string of the molecule is CCCC[C@H](OC[C@H](CC(C)C)NC(=O)OC(C)(C)C)C(=O)O. The van der Waals surface area contributed by atoms with Gasteiger partial charge < -0.3 is 19.9 Å². The molecule has 136 valence electrons. The van der Waals surface area contributed by atoms with Crippen LogP contribution in [0.25, 0.3) is 0 Å². The molecule has 0 bridgehead atoms. The Morgan fingerprint density at radius 1 is 1.22 bits per heavy atom. The van der Waals surface area contributed by atoms with Crippen LogP contribution in [0.3, 0.4) is 0 Å². The summed E-state index contributed by atoms with van der Waals surface area (Å²) in [5.74, 6) is -0.614. The largest absolute Gasteiger partial charge is 0.479 e. The van der Waals surface area contributed by atoms with Crippen molar-refractivity contribution in [1.82, 2.24) is 5.32 Å². The Bertz CT molecular complexity index is 362. The molecule has 0 aromatic heterocycles. The van der Waals surface area contributed by atoms with E-state index in [0.717, 1.165) is 12.8 Å². The molecule has 0 aliphatic rings. The van der Waals surface area contributed by atoms with Crippen molar-refractivity contribution >= 4 is 12.1 Å². The number of carboxylic acids is 1. The number of aliphatic carboxylic acids is 1. The number of hydrogen-bond donors (Lipinski definition) is 2. The van der Waals surface area contributed by atoms with Crippen LogP contribution in [-0.2, 0) is 14.3 Å². The summed E-state index contributed by atoms with van der Waals surface area (Å²) in [7, 11) is 0. The molecule has 6 heteroatoms. The van der Waals surface area contributed by atoms with Gasteiger partial charge in [0.05, 0.1) is 12.6 Å². The second-order valence-corrected chi connectivity index (χ2v) is 7.28. The number of carbonyl (C=O) groups is 2. The van der Waals surface area contributed by atoms with Crippen molar-refractivity contribution in [3.05, 3.63) is 0 Å². The van der Waals surface area contributed by atoms with Crippen LogP contribution in [0.15, 0.2) is 0 Å². The van der Waals surface area contributed by atoms with Crippen LogP contribution in [0, 0.1) is 5.92 Å². The van der Waals surface area contributed by atoms with Crippen LogP contribution in [0.5, 0.6) is 0 Å². The van der Waals surface area contributed by atoms with Crippen LogP contribution in [0.4, 0.5) is 4.79 Å². The molecule has 0 unspecified atom stereocenters. The summed E-state index contributed by atoms with van der Waals surface area (Å²) >= 11 is 0. The van der Waals surface area contributed by atoms with E-state index in [1.165, 1.54) is 0 Å². The molecule has 0 rings (SSSR count). The van der Waals surface area contributed by atoms with E-state index in [-0.39, 0.29) is 12.6 Å². The number of carboxylic acid groups (broad SMARTS) is 1. The van der Waals surface area contributed by atoms with Gasteiger partial charge in [-0.15, -0.1) is 0 Å². The maximum Gasteiger partial charge on any atom is 0.407 e. The summed E-state index contributed by atoms with van der Waals surface area (Å²) in [5.41, 5.74) is -0.571. The number of unbranched alkanes of at least 4 members (excludes halogenated alkanes) is 1. The summed E-state index contributed by atoms with van der Waals surface area (Å²) in [6, 6.07) is -0.270. The molecule has 0 radical (unpaired) electrons. The first-order chi connectivity index (χ1) is 10.5. The van der Waals surface area contributed by atoms with Crippen molar-refractivity contribution in [3.63, 3.8) is 0 Å². The first-order valence-electron chi connectivity index (χ1n) is 8.39. The summed E-state index contributed by atoms with van der Waals surface area (Å²) in [6.07, 6.45) is 1.55. The molecule has 6 nitrogen and oxygen atoms in total. The molecular formula is C17H33NO5. The number of nitrogens with one attached hydrogen (secondary N) is 1. The average Bonchev–Trinajstić information content (AvgIpc) is 2.34. The maximum atomic E-state index is 11.9. The third-order valence-electron chi connectivity index (χ3n) is 3.07. The normalized spacial score (nSPS) is 14.4. The summed E-state index contributed by atoms with van der Waals surface area (Å²) < 4.78 is 10.8. The topological polar surface area (TPSA) is 84.9 Å². The van der Waals surface area contributed by atoms with E-state index < -0.39 is 23.8 Å². The Kier molecular flexibility index (Phi) is 9.88. The molecule has 0 spiro atoms. The fourth-order valence-electron chi connectivity index (χ4n) is 2.11. The van der Waals surface area contributed by atoms with Gasteiger partial charge in [-0.2, -0.15) is 0 Å². The lowest BCUT2D eigenvalue weighted by Crippen LogP contribution is -2.43. The summed E-state index contributed by atoms with van der Waals surface area (Å²) in [6.45, 7) is 11.6. The molecule has 0 fully saturated rings. The third-order valence-corrected chi connectivity index (χ3v) is 3.07. The third kappa shape index (κ3) is 11.9. The van der Waals surface area contributed by atoms with Gasteiger partial charge in [0, 0.05) is 0 Å². The first-order valence-corrected chi connectivity index (χ1v) is 8.39. The van der Waals surface area contributed by atoms with Gasteiger partial charge in [0.15, 0.2) is 6.10 Å². The van der Waals surface area contributed by atoms with E-state index in [2.05, 4.69) is 5.32 Å². The Morgan fingerprint density at radius 3 is 2.26 bits per heavy atom. The highest BCUT2D eigenvalue weighted by molar-refractivity contribution is 5.72. The van der Waals surface area contributed by atoms with Crippen molar-refractivity contribution in [2.24, 2.45) is 5.92 Å². The Morgan fingerprint density at radius 2 is 1.83 bits per heavy atom. The maximum absolute atomic E-state index is 11.9. The minimum Gasteiger partial charge on any atom is -0.479 e. The van der Waals surface area contributed by atoms with Gasteiger partial charge in [-0.1, -0.05) is 33.6 Å². The molecule has 0 aromatic carbocycles. The number of ether oxygens (including phenoxy) is 2. The second-order valence-electron chi connectivity index (χ2n) is 7.28. The van der Waals surface area contributed by atoms with Gasteiger partial charge in [-0.3, -0.25) is 0 Å². The van der Waals surface area contributed by atoms with Crippen molar-refractivity contribution in [2.75, 3.05) is 6.61 Å². The van der Waals surface area contributed by atoms with Crippen LogP contribution in [0.1, 0.15) is 67.2 Å². The lowest BCUT2D eigenvalue weighted by atomic mass is 10.0. The average molecular weight is 331 g/mol. The number of rotatable bonds is 10. The van der Waals surface area contributed by atoms with Crippen LogP contribution >= 0.6 is 0 Å². The molecule has 0 aliphatic heterocycles. The van der Waals surface area contributed by atoms with Crippen molar-refractivity contribution in [1.29, 1.82) is 0 Å². The van der Waals surface area contributed by atoms with Gasteiger partial charge in [-0.25, -0.2) is 9.59 Å². The number of amides is 1. The van der Waals surface area contributed by atoms with Gasteiger partial charge in [0.2, 0.25) is 0 Å². The van der Waals surface area contributed by atoms with E-state index in [4.69, 9.17) is 9.47 Å².